The Hall–Kier alpha value is -0.800. The van der Waals surface area contributed by atoms with Gasteiger partial charge in [0.05, 0.1) is 22.8 Å². The van der Waals surface area contributed by atoms with Crippen molar-refractivity contribution in [1.29, 1.82) is 5.26 Å². The van der Waals surface area contributed by atoms with E-state index in [-0.39, 0.29) is 17.2 Å². The third-order valence-electron chi connectivity index (χ3n) is 1.70. The van der Waals surface area contributed by atoms with Crippen LogP contribution in [-0.4, -0.2) is 12.6 Å². The summed E-state index contributed by atoms with van der Waals surface area (Å²) in [6, 6.07) is 5.18. The maximum atomic E-state index is 11.4. The molecule has 0 N–H and O–H groups in total. The van der Waals surface area contributed by atoms with Gasteiger partial charge in [0.15, 0.2) is 0 Å². The number of ether oxygens (including phenoxy) is 1. The molecule has 0 fully saturated rings. The third kappa shape index (κ3) is 2.61. The Balaban J connectivity index is 3.23. The summed E-state index contributed by atoms with van der Waals surface area (Å²) in [6.45, 7) is 1.99. The van der Waals surface area contributed by atoms with Gasteiger partial charge in [-0.2, -0.15) is 5.26 Å². The summed E-state index contributed by atoms with van der Waals surface area (Å²) in [5.74, 6) is -0.504. The van der Waals surface area contributed by atoms with Crippen molar-refractivity contribution in [2.75, 3.05) is 6.61 Å². The van der Waals surface area contributed by atoms with Crippen LogP contribution in [0.15, 0.2) is 12.1 Å². The Bertz CT molecular complexity index is 440. The fraction of sp³-hybridized carbons (Fsp3) is 0.200. The van der Waals surface area contributed by atoms with Crippen molar-refractivity contribution < 1.29 is 9.53 Å². The van der Waals surface area contributed by atoms with E-state index < -0.39 is 5.97 Å². The van der Waals surface area contributed by atoms with E-state index in [1.807, 2.05) is 28.7 Å². The van der Waals surface area contributed by atoms with Crippen molar-refractivity contribution in [2.45, 2.75) is 6.92 Å². The summed E-state index contributed by atoms with van der Waals surface area (Å²) < 4.78 is 5.53. The summed E-state index contributed by atoms with van der Waals surface area (Å²) in [5.41, 5.74) is 0.540. The average molecular weight is 336 g/mol. The van der Waals surface area contributed by atoms with Crippen LogP contribution in [0.1, 0.15) is 22.8 Å². The molecular weight excluding hydrogens is 328 g/mol. The summed E-state index contributed by atoms with van der Waals surface area (Å²) in [6.07, 6.45) is 0. The molecule has 0 saturated heterocycles. The molecular formula is C10H7ClINO2. The molecule has 78 valence electrons. The van der Waals surface area contributed by atoms with Gasteiger partial charge in [0, 0.05) is 3.57 Å². The standard InChI is InChI=1S/C10H7ClINO2/c1-2-15-10(14)6-3-4-8(12)7(5-13)9(6)11/h3-4H,2H2,1H3. The van der Waals surface area contributed by atoms with Gasteiger partial charge in [0.1, 0.15) is 6.07 Å². The van der Waals surface area contributed by atoms with Gasteiger partial charge >= 0.3 is 5.97 Å². The van der Waals surface area contributed by atoms with Gasteiger partial charge in [-0.1, -0.05) is 11.6 Å². The van der Waals surface area contributed by atoms with Crippen LogP contribution in [0, 0.1) is 14.9 Å². The second-order valence-corrected chi connectivity index (χ2v) is 4.16. The number of nitriles is 1. The Morgan fingerprint density at radius 3 is 2.87 bits per heavy atom. The molecule has 1 rings (SSSR count). The highest BCUT2D eigenvalue weighted by atomic mass is 127. The van der Waals surface area contributed by atoms with Crippen molar-refractivity contribution in [3.8, 4) is 6.07 Å². The first-order valence-electron chi connectivity index (χ1n) is 4.17. The molecule has 0 aliphatic carbocycles. The van der Waals surface area contributed by atoms with E-state index in [0.29, 0.717) is 9.13 Å². The normalized spacial score (nSPS) is 9.47. The zero-order valence-electron chi connectivity index (χ0n) is 7.88. The number of carbonyl (C=O) groups is 1. The lowest BCUT2D eigenvalue weighted by Gasteiger charge is -2.06. The van der Waals surface area contributed by atoms with Gasteiger partial charge in [-0.05, 0) is 41.6 Å². The quantitative estimate of drug-likeness (QED) is 0.617. The molecule has 0 heterocycles. The van der Waals surface area contributed by atoms with Crippen LogP contribution in [0.3, 0.4) is 0 Å². The number of benzene rings is 1. The molecule has 15 heavy (non-hydrogen) atoms. The van der Waals surface area contributed by atoms with Crippen molar-refractivity contribution in [3.05, 3.63) is 31.9 Å². The predicted molar refractivity (Wildman–Crippen MR) is 64.8 cm³/mol. The number of hydrogen-bond acceptors (Lipinski definition) is 3. The van der Waals surface area contributed by atoms with Crippen molar-refractivity contribution >= 4 is 40.2 Å². The molecule has 3 nitrogen and oxygen atoms in total. The Kier molecular flexibility index (Phi) is 4.36. The van der Waals surface area contributed by atoms with E-state index in [4.69, 9.17) is 21.6 Å². The van der Waals surface area contributed by atoms with Crippen LogP contribution in [0.25, 0.3) is 0 Å². The molecule has 0 bridgehead atoms. The molecule has 5 heteroatoms. The molecule has 1 aromatic carbocycles. The molecule has 0 spiro atoms. The number of esters is 1. The minimum atomic E-state index is -0.504. The van der Waals surface area contributed by atoms with E-state index >= 15 is 0 Å². The van der Waals surface area contributed by atoms with Gasteiger partial charge < -0.3 is 4.74 Å². The molecule has 0 aliphatic rings. The molecule has 0 aliphatic heterocycles. The Morgan fingerprint density at radius 1 is 1.67 bits per heavy atom. The lowest BCUT2D eigenvalue weighted by molar-refractivity contribution is 0.0526. The molecule has 0 unspecified atom stereocenters. The lowest BCUT2D eigenvalue weighted by Crippen LogP contribution is -2.06. The van der Waals surface area contributed by atoms with Crippen LogP contribution < -0.4 is 0 Å². The maximum Gasteiger partial charge on any atom is 0.339 e. The smallest absolute Gasteiger partial charge is 0.339 e. The first kappa shape index (κ1) is 12.3. The zero-order valence-corrected chi connectivity index (χ0v) is 10.8. The number of halogens is 2. The summed E-state index contributed by atoms with van der Waals surface area (Å²) in [4.78, 5) is 11.4. The van der Waals surface area contributed by atoms with Gasteiger partial charge in [-0.15, -0.1) is 0 Å². The van der Waals surface area contributed by atoms with Gasteiger partial charge in [-0.3, -0.25) is 0 Å². The van der Waals surface area contributed by atoms with Crippen molar-refractivity contribution in [1.82, 2.24) is 0 Å². The maximum absolute atomic E-state index is 11.4. The third-order valence-corrected chi connectivity index (χ3v) is 2.99. The van der Waals surface area contributed by atoms with Gasteiger partial charge in [0.25, 0.3) is 0 Å². The summed E-state index contributed by atoms with van der Waals surface area (Å²) in [7, 11) is 0. The fourth-order valence-electron chi connectivity index (χ4n) is 1.02. The highest BCUT2D eigenvalue weighted by molar-refractivity contribution is 14.1. The first-order chi connectivity index (χ1) is 7.11. The number of nitrogens with zero attached hydrogens (tertiary/aromatic N) is 1. The van der Waals surface area contributed by atoms with Crippen LogP contribution in [0.2, 0.25) is 5.02 Å². The summed E-state index contributed by atoms with van der Waals surface area (Å²) >= 11 is 7.91. The SMILES string of the molecule is CCOC(=O)c1ccc(I)c(C#N)c1Cl. The summed E-state index contributed by atoms with van der Waals surface area (Å²) in [5, 5.41) is 9.00. The molecule has 0 amide bonds. The first-order valence-corrected chi connectivity index (χ1v) is 5.62. The van der Waals surface area contributed by atoms with E-state index in [1.165, 1.54) is 0 Å². The largest absolute Gasteiger partial charge is 0.462 e. The minimum Gasteiger partial charge on any atom is -0.462 e. The molecule has 0 atom stereocenters. The van der Waals surface area contributed by atoms with Crippen molar-refractivity contribution in [2.24, 2.45) is 0 Å². The second-order valence-electron chi connectivity index (χ2n) is 2.62. The van der Waals surface area contributed by atoms with E-state index in [2.05, 4.69) is 0 Å². The predicted octanol–water partition coefficient (Wildman–Crippen LogP) is 2.99. The minimum absolute atomic E-state index is 0.155. The average Bonchev–Trinajstić information content (AvgIpc) is 2.18. The number of carbonyl (C=O) groups excluding carboxylic acids is 1. The lowest BCUT2D eigenvalue weighted by atomic mass is 10.1. The highest BCUT2D eigenvalue weighted by Gasteiger charge is 2.16. The zero-order chi connectivity index (χ0) is 11.4. The van der Waals surface area contributed by atoms with E-state index in [1.54, 1.807) is 19.1 Å². The fourth-order valence-corrected chi connectivity index (χ4v) is 2.04. The molecule has 0 aromatic heterocycles. The van der Waals surface area contributed by atoms with Crippen LogP contribution in [0.4, 0.5) is 0 Å². The Labute approximate surface area is 106 Å². The van der Waals surface area contributed by atoms with Crippen LogP contribution >= 0.6 is 34.2 Å². The van der Waals surface area contributed by atoms with E-state index in [9.17, 15) is 4.79 Å². The second kappa shape index (κ2) is 5.33. The van der Waals surface area contributed by atoms with Gasteiger partial charge in [-0.25, -0.2) is 4.79 Å². The molecule has 0 saturated carbocycles. The van der Waals surface area contributed by atoms with Gasteiger partial charge in [0.2, 0.25) is 0 Å². The number of hydrogen-bond donors (Lipinski definition) is 0. The number of rotatable bonds is 2. The Morgan fingerprint density at radius 2 is 2.33 bits per heavy atom. The van der Waals surface area contributed by atoms with E-state index in [0.717, 1.165) is 0 Å². The molecule has 1 aromatic rings. The molecule has 0 radical (unpaired) electrons. The van der Waals surface area contributed by atoms with Crippen molar-refractivity contribution in [3.63, 3.8) is 0 Å². The highest BCUT2D eigenvalue weighted by Crippen LogP contribution is 2.25. The topological polar surface area (TPSA) is 50.1 Å². The monoisotopic (exact) mass is 335 g/mol. The van der Waals surface area contributed by atoms with Crippen LogP contribution in [0.5, 0.6) is 0 Å². The van der Waals surface area contributed by atoms with Crippen LogP contribution in [-0.2, 0) is 4.74 Å².